The van der Waals surface area contributed by atoms with Crippen molar-refractivity contribution in [3.8, 4) is 0 Å². The summed E-state index contributed by atoms with van der Waals surface area (Å²) in [6.07, 6.45) is 5.42. The quantitative estimate of drug-likeness (QED) is 0.247. The van der Waals surface area contributed by atoms with E-state index < -0.39 is 0 Å². The maximum atomic E-state index is 8.59. The van der Waals surface area contributed by atoms with Gasteiger partial charge in [0.1, 0.15) is 5.84 Å². The van der Waals surface area contributed by atoms with Gasteiger partial charge in [0.15, 0.2) is 0 Å². The second kappa shape index (κ2) is 3.76. The predicted octanol–water partition coefficient (Wildman–Crippen LogP) is 0.642. The van der Waals surface area contributed by atoms with E-state index >= 15 is 0 Å². The van der Waals surface area contributed by atoms with Crippen molar-refractivity contribution in [3.63, 3.8) is 0 Å². The van der Waals surface area contributed by atoms with E-state index in [-0.39, 0.29) is 5.41 Å². The smallest absolute Gasteiger partial charge is 0.146 e. The minimum atomic E-state index is -0.215. The van der Waals surface area contributed by atoms with E-state index in [1.807, 2.05) is 0 Å². The van der Waals surface area contributed by atoms with Crippen molar-refractivity contribution < 1.29 is 5.21 Å². The van der Waals surface area contributed by atoms with Crippen molar-refractivity contribution in [2.75, 3.05) is 6.54 Å². The number of nitrogens with zero attached hydrogens (tertiary/aromatic N) is 1. The zero-order valence-electron chi connectivity index (χ0n) is 7.29. The maximum absolute atomic E-state index is 8.59. The molecule has 1 saturated carbocycles. The molecule has 12 heavy (non-hydrogen) atoms. The average molecular weight is 171 g/mol. The lowest BCUT2D eigenvalue weighted by Gasteiger charge is -2.34. The van der Waals surface area contributed by atoms with Gasteiger partial charge in [0, 0.05) is 12.0 Å². The molecule has 0 saturated heterocycles. The van der Waals surface area contributed by atoms with Crippen LogP contribution in [-0.2, 0) is 0 Å². The molecule has 0 aromatic carbocycles. The van der Waals surface area contributed by atoms with Gasteiger partial charge in [-0.1, -0.05) is 24.4 Å². The van der Waals surface area contributed by atoms with Crippen LogP contribution in [0.15, 0.2) is 5.16 Å². The summed E-state index contributed by atoms with van der Waals surface area (Å²) in [5.41, 5.74) is 11.0. The van der Waals surface area contributed by atoms with Gasteiger partial charge in [-0.2, -0.15) is 0 Å². The third-order valence-electron chi connectivity index (χ3n) is 2.85. The van der Waals surface area contributed by atoms with Crippen LogP contribution in [0.25, 0.3) is 0 Å². The Kier molecular flexibility index (Phi) is 2.92. The van der Waals surface area contributed by atoms with E-state index in [0.717, 1.165) is 25.7 Å². The number of oxime groups is 1. The molecule has 0 atom stereocenters. The highest BCUT2D eigenvalue weighted by Gasteiger charge is 2.34. The Morgan fingerprint density at radius 3 is 2.33 bits per heavy atom. The number of amidine groups is 1. The molecule has 0 aromatic heterocycles. The molecule has 0 aliphatic heterocycles. The highest BCUT2D eigenvalue weighted by Crippen LogP contribution is 2.35. The average Bonchev–Trinajstić information content (AvgIpc) is 2.17. The standard InChI is InChI=1S/C8H17N3O/c9-6-8(7(10)11-12)4-2-1-3-5-8/h12H,1-6,9H2,(H2,10,11). The molecule has 0 heterocycles. The lowest BCUT2D eigenvalue weighted by Crippen LogP contribution is -2.44. The Balaban J connectivity index is 2.73. The number of hydrogen-bond donors (Lipinski definition) is 3. The van der Waals surface area contributed by atoms with Crippen molar-refractivity contribution in [3.05, 3.63) is 0 Å². The van der Waals surface area contributed by atoms with E-state index in [0.29, 0.717) is 12.4 Å². The molecule has 1 aliphatic carbocycles. The molecule has 0 spiro atoms. The van der Waals surface area contributed by atoms with Crippen LogP contribution in [0.2, 0.25) is 0 Å². The van der Waals surface area contributed by atoms with Gasteiger partial charge in [0.05, 0.1) is 0 Å². The fraction of sp³-hybridized carbons (Fsp3) is 0.875. The highest BCUT2D eigenvalue weighted by molar-refractivity contribution is 5.86. The van der Waals surface area contributed by atoms with Crippen LogP contribution in [0.4, 0.5) is 0 Å². The molecule has 0 bridgehead atoms. The van der Waals surface area contributed by atoms with E-state index in [2.05, 4.69) is 5.16 Å². The van der Waals surface area contributed by atoms with Crippen LogP contribution >= 0.6 is 0 Å². The van der Waals surface area contributed by atoms with E-state index in [4.69, 9.17) is 16.7 Å². The third-order valence-corrected chi connectivity index (χ3v) is 2.85. The zero-order chi connectivity index (χ0) is 9.03. The third kappa shape index (κ3) is 1.53. The highest BCUT2D eigenvalue weighted by atomic mass is 16.4. The first-order chi connectivity index (χ1) is 5.75. The lowest BCUT2D eigenvalue weighted by atomic mass is 9.73. The first-order valence-corrected chi connectivity index (χ1v) is 4.43. The molecule has 1 rings (SSSR count). The first-order valence-electron chi connectivity index (χ1n) is 4.43. The van der Waals surface area contributed by atoms with Gasteiger partial charge in [-0.05, 0) is 12.8 Å². The summed E-state index contributed by atoms with van der Waals surface area (Å²) < 4.78 is 0. The Bertz CT molecular complexity index is 173. The monoisotopic (exact) mass is 171 g/mol. The summed E-state index contributed by atoms with van der Waals surface area (Å²) in [5, 5.41) is 11.7. The van der Waals surface area contributed by atoms with Gasteiger partial charge in [-0.25, -0.2) is 0 Å². The fourth-order valence-electron chi connectivity index (χ4n) is 1.90. The second-order valence-corrected chi connectivity index (χ2v) is 3.53. The molecule has 0 aromatic rings. The van der Waals surface area contributed by atoms with Crippen LogP contribution < -0.4 is 11.5 Å². The van der Waals surface area contributed by atoms with Crippen molar-refractivity contribution in [1.82, 2.24) is 0 Å². The maximum Gasteiger partial charge on any atom is 0.146 e. The van der Waals surface area contributed by atoms with Crippen LogP contribution in [0.3, 0.4) is 0 Å². The van der Waals surface area contributed by atoms with Gasteiger partial charge >= 0.3 is 0 Å². The molecule has 0 radical (unpaired) electrons. The fourth-order valence-corrected chi connectivity index (χ4v) is 1.90. The molecule has 70 valence electrons. The van der Waals surface area contributed by atoms with Crippen LogP contribution in [-0.4, -0.2) is 17.6 Å². The minimum Gasteiger partial charge on any atom is -0.409 e. The van der Waals surface area contributed by atoms with E-state index in [9.17, 15) is 0 Å². The van der Waals surface area contributed by atoms with Gasteiger partial charge in [0.2, 0.25) is 0 Å². The summed E-state index contributed by atoms with van der Waals surface area (Å²) in [5.74, 6) is 0.310. The van der Waals surface area contributed by atoms with Gasteiger partial charge in [-0.3, -0.25) is 0 Å². The molecule has 5 N–H and O–H groups in total. The number of nitrogens with two attached hydrogens (primary N) is 2. The molecular weight excluding hydrogens is 154 g/mol. The molecule has 1 fully saturated rings. The summed E-state index contributed by atoms with van der Waals surface area (Å²) in [6, 6.07) is 0. The normalized spacial score (nSPS) is 23.9. The summed E-state index contributed by atoms with van der Waals surface area (Å²) in [7, 11) is 0. The van der Waals surface area contributed by atoms with Crippen molar-refractivity contribution in [2.45, 2.75) is 32.1 Å². The van der Waals surface area contributed by atoms with E-state index in [1.165, 1.54) is 6.42 Å². The first kappa shape index (κ1) is 9.32. The molecule has 0 unspecified atom stereocenters. The second-order valence-electron chi connectivity index (χ2n) is 3.53. The number of hydrogen-bond acceptors (Lipinski definition) is 3. The SMILES string of the molecule is NCC1(C(N)=NO)CCCCC1. The van der Waals surface area contributed by atoms with Gasteiger partial charge in [0.25, 0.3) is 0 Å². The summed E-state index contributed by atoms with van der Waals surface area (Å²) in [4.78, 5) is 0. The zero-order valence-corrected chi connectivity index (χ0v) is 7.29. The van der Waals surface area contributed by atoms with Crippen molar-refractivity contribution in [2.24, 2.45) is 22.0 Å². The van der Waals surface area contributed by atoms with Gasteiger partial charge < -0.3 is 16.7 Å². The topological polar surface area (TPSA) is 84.6 Å². The van der Waals surface area contributed by atoms with Crippen molar-refractivity contribution >= 4 is 5.84 Å². The van der Waals surface area contributed by atoms with Crippen molar-refractivity contribution in [1.29, 1.82) is 0 Å². The summed E-state index contributed by atoms with van der Waals surface area (Å²) >= 11 is 0. The molecule has 1 aliphatic rings. The Morgan fingerprint density at radius 1 is 1.33 bits per heavy atom. The lowest BCUT2D eigenvalue weighted by molar-refractivity contribution is 0.262. The van der Waals surface area contributed by atoms with Crippen LogP contribution in [0, 0.1) is 5.41 Å². The Morgan fingerprint density at radius 2 is 1.92 bits per heavy atom. The molecular formula is C8H17N3O. The Labute approximate surface area is 72.6 Å². The minimum absolute atomic E-state index is 0.215. The Hall–Kier alpha value is -0.770. The largest absolute Gasteiger partial charge is 0.409 e. The summed E-state index contributed by atoms with van der Waals surface area (Å²) in [6.45, 7) is 0.489. The molecule has 4 nitrogen and oxygen atoms in total. The number of rotatable bonds is 2. The van der Waals surface area contributed by atoms with Crippen LogP contribution in [0.5, 0.6) is 0 Å². The molecule has 4 heteroatoms. The van der Waals surface area contributed by atoms with Gasteiger partial charge in [-0.15, -0.1) is 0 Å². The van der Waals surface area contributed by atoms with Crippen LogP contribution in [0.1, 0.15) is 32.1 Å². The predicted molar refractivity (Wildman–Crippen MR) is 48.0 cm³/mol. The van der Waals surface area contributed by atoms with E-state index in [1.54, 1.807) is 0 Å². The molecule has 0 amide bonds.